The zero-order chi connectivity index (χ0) is 18.1. The van der Waals surface area contributed by atoms with Crippen molar-refractivity contribution < 1.29 is 14.7 Å². The topological polar surface area (TPSA) is 84.5 Å². The number of rotatable bonds is 4. The van der Waals surface area contributed by atoms with Gasteiger partial charge in [0.2, 0.25) is 5.91 Å². The number of aryl methyl sites for hydroxylation is 2. The van der Waals surface area contributed by atoms with Crippen LogP contribution in [0.1, 0.15) is 26.2 Å². The molecule has 7 nitrogen and oxygen atoms in total. The van der Waals surface area contributed by atoms with Gasteiger partial charge in [-0.15, -0.1) is 0 Å². The standard InChI is InChI=1S/C18H23N3O4/c1-12-13(17(23)24)6-5-10-20(12)16(22)9-11-21-15-8-4-3-7-14(15)19(2)18(21)25/h3-4,7-8,12-13H,5-6,9-11H2,1-2H3,(H,23,24)/t12-,13-/m1/s1. The number of carbonyl (C=O) groups is 2. The van der Waals surface area contributed by atoms with Crippen molar-refractivity contribution >= 4 is 22.9 Å². The molecule has 0 spiro atoms. The molecule has 0 radical (unpaired) electrons. The second-order valence-electron chi connectivity index (χ2n) is 6.65. The zero-order valence-corrected chi connectivity index (χ0v) is 14.5. The van der Waals surface area contributed by atoms with E-state index >= 15 is 0 Å². The Balaban J connectivity index is 1.76. The molecule has 1 N–H and O–H groups in total. The van der Waals surface area contributed by atoms with E-state index in [1.165, 1.54) is 0 Å². The van der Waals surface area contributed by atoms with E-state index < -0.39 is 11.9 Å². The van der Waals surface area contributed by atoms with Crippen molar-refractivity contribution in [2.75, 3.05) is 6.54 Å². The lowest BCUT2D eigenvalue weighted by molar-refractivity contribution is -0.149. The molecule has 2 heterocycles. The molecule has 3 rings (SSSR count). The number of piperidine rings is 1. The lowest BCUT2D eigenvalue weighted by Crippen LogP contribution is -2.49. The lowest BCUT2D eigenvalue weighted by Gasteiger charge is -2.37. The highest BCUT2D eigenvalue weighted by Gasteiger charge is 2.35. The van der Waals surface area contributed by atoms with Crippen molar-refractivity contribution in [1.82, 2.24) is 14.0 Å². The molecule has 1 saturated heterocycles. The van der Waals surface area contributed by atoms with Crippen LogP contribution in [0.25, 0.3) is 11.0 Å². The summed E-state index contributed by atoms with van der Waals surface area (Å²) in [6, 6.07) is 7.16. The summed E-state index contributed by atoms with van der Waals surface area (Å²) in [4.78, 5) is 38.0. The number of carboxylic acid groups (broad SMARTS) is 1. The van der Waals surface area contributed by atoms with Crippen LogP contribution < -0.4 is 5.69 Å². The Morgan fingerprint density at radius 3 is 2.60 bits per heavy atom. The smallest absolute Gasteiger partial charge is 0.328 e. The summed E-state index contributed by atoms with van der Waals surface area (Å²) in [5.74, 6) is -1.47. The number of hydrogen-bond acceptors (Lipinski definition) is 3. The first-order chi connectivity index (χ1) is 11.9. The summed E-state index contributed by atoms with van der Waals surface area (Å²) in [5, 5.41) is 9.29. The second-order valence-corrected chi connectivity index (χ2v) is 6.65. The number of carbonyl (C=O) groups excluding carboxylic acids is 1. The molecule has 2 atom stereocenters. The van der Waals surface area contributed by atoms with Crippen molar-refractivity contribution in [1.29, 1.82) is 0 Å². The number of nitrogens with zero attached hydrogens (tertiary/aromatic N) is 3. The Bertz CT molecular complexity index is 867. The minimum absolute atomic E-state index is 0.0988. The highest BCUT2D eigenvalue weighted by atomic mass is 16.4. The van der Waals surface area contributed by atoms with Crippen LogP contribution in [0.3, 0.4) is 0 Å². The van der Waals surface area contributed by atoms with Crippen LogP contribution in [0.2, 0.25) is 0 Å². The summed E-state index contributed by atoms with van der Waals surface area (Å²) in [6.45, 7) is 2.66. The summed E-state index contributed by atoms with van der Waals surface area (Å²) in [6.07, 6.45) is 1.48. The van der Waals surface area contributed by atoms with Crippen LogP contribution in [0.4, 0.5) is 0 Å². The molecule has 2 aromatic rings. The molecule has 0 aliphatic carbocycles. The second kappa shape index (κ2) is 6.74. The van der Waals surface area contributed by atoms with E-state index in [2.05, 4.69) is 0 Å². The number of fused-ring (bicyclic) bond motifs is 1. The van der Waals surface area contributed by atoms with E-state index in [-0.39, 0.29) is 24.1 Å². The SMILES string of the molecule is C[C@@H]1[C@H](C(=O)O)CCCN1C(=O)CCn1c(=O)n(C)c2ccccc21. The highest BCUT2D eigenvalue weighted by molar-refractivity contribution is 5.79. The maximum Gasteiger partial charge on any atom is 0.328 e. The molecular formula is C18H23N3O4. The van der Waals surface area contributed by atoms with Gasteiger partial charge >= 0.3 is 11.7 Å². The number of amides is 1. The maximum atomic E-state index is 12.6. The highest BCUT2D eigenvalue weighted by Crippen LogP contribution is 2.24. The molecule has 0 saturated carbocycles. The van der Waals surface area contributed by atoms with Crippen molar-refractivity contribution in [3.63, 3.8) is 0 Å². The fourth-order valence-corrected chi connectivity index (χ4v) is 3.76. The molecular weight excluding hydrogens is 322 g/mol. The Labute approximate surface area is 145 Å². The van der Waals surface area contributed by atoms with Crippen molar-refractivity contribution in [2.45, 2.75) is 38.8 Å². The molecule has 1 aliphatic rings. The van der Waals surface area contributed by atoms with Gasteiger partial charge in [0.15, 0.2) is 0 Å². The number of para-hydroxylation sites is 2. The largest absolute Gasteiger partial charge is 0.481 e. The first kappa shape index (κ1) is 17.3. The van der Waals surface area contributed by atoms with Gasteiger partial charge in [-0.1, -0.05) is 12.1 Å². The fourth-order valence-electron chi connectivity index (χ4n) is 3.76. The summed E-state index contributed by atoms with van der Waals surface area (Å²) >= 11 is 0. The number of aliphatic carboxylic acids is 1. The van der Waals surface area contributed by atoms with Gasteiger partial charge in [0, 0.05) is 32.6 Å². The summed E-state index contributed by atoms with van der Waals surface area (Å²) in [5.41, 5.74) is 1.49. The normalized spacial score (nSPS) is 20.8. The van der Waals surface area contributed by atoms with Gasteiger partial charge in [-0.05, 0) is 31.9 Å². The molecule has 1 aromatic carbocycles. The minimum Gasteiger partial charge on any atom is -0.481 e. The minimum atomic E-state index is -0.852. The van der Waals surface area contributed by atoms with Crippen LogP contribution >= 0.6 is 0 Å². The van der Waals surface area contributed by atoms with Gasteiger partial charge in [0.25, 0.3) is 0 Å². The number of aromatic nitrogens is 2. The van der Waals surface area contributed by atoms with E-state index in [1.807, 2.05) is 24.3 Å². The van der Waals surface area contributed by atoms with Crippen molar-refractivity contribution in [3.8, 4) is 0 Å². The van der Waals surface area contributed by atoms with E-state index in [9.17, 15) is 19.5 Å². The van der Waals surface area contributed by atoms with E-state index in [0.717, 1.165) is 11.0 Å². The van der Waals surface area contributed by atoms with Crippen LogP contribution in [-0.2, 0) is 23.2 Å². The molecule has 134 valence electrons. The fraction of sp³-hybridized carbons (Fsp3) is 0.500. The Hall–Kier alpha value is -2.57. The maximum absolute atomic E-state index is 12.6. The molecule has 1 fully saturated rings. The predicted molar refractivity (Wildman–Crippen MR) is 93.3 cm³/mol. The van der Waals surface area contributed by atoms with Crippen LogP contribution in [-0.4, -0.2) is 43.6 Å². The van der Waals surface area contributed by atoms with Gasteiger partial charge in [-0.2, -0.15) is 0 Å². The van der Waals surface area contributed by atoms with E-state index in [0.29, 0.717) is 25.9 Å². The quantitative estimate of drug-likeness (QED) is 0.909. The first-order valence-electron chi connectivity index (χ1n) is 8.58. The number of imidazole rings is 1. The molecule has 1 aromatic heterocycles. The molecule has 0 unspecified atom stereocenters. The first-order valence-corrected chi connectivity index (χ1v) is 8.58. The monoisotopic (exact) mass is 345 g/mol. The van der Waals surface area contributed by atoms with Gasteiger partial charge < -0.3 is 10.0 Å². The van der Waals surface area contributed by atoms with Gasteiger partial charge in [-0.25, -0.2) is 4.79 Å². The number of likely N-dealkylation sites (tertiary alicyclic amines) is 1. The molecule has 1 amide bonds. The van der Waals surface area contributed by atoms with Crippen LogP contribution in [0.5, 0.6) is 0 Å². The average Bonchev–Trinajstić information content (AvgIpc) is 2.84. The van der Waals surface area contributed by atoms with Gasteiger partial charge in [0.1, 0.15) is 0 Å². The van der Waals surface area contributed by atoms with E-state index in [4.69, 9.17) is 0 Å². The van der Waals surface area contributed by atoms with Crippen LogP contribution in [0.15, 0.2) is 29.1 Å². The third kappa shape index (κ3) is 3.06. The average molecular weight is 345 g/mol. The Morgan fingerprint density at radius 2 is 1.92 bits per heavy atom. The predicted octanol–water partition coefficient (Wildman–Crippen LogP) is 1.44. The number of carboxylic acids is 1. The Kier molecular flexibility index (Phi) is 4.65. The zero-order valence-electron chi connectivity index (χ0n) is 14.5. The summed E-state index contributed by atoms with van der Waals surface area (Å²) in [7, 11) is 1.72. The lowest BCUT2D eigenvalue weighted by atomic mass is 9.90. The molecule has 0 bridgehead atoms. The third-order valence-electron chi connectivity index (χ3n) is 5.23. The molecule has 7 heteroatoms. The molecule has 25 heavy (non-hydrogen) atoms. The number of hydrogen-bond donors (Lipinski definition) is 1. The third-order valence-corrected chi connectivity index (χ3v) is 5.23. The molecule has 1 aliphatic heterocycles. The summed E-state index contributed by atoms with van der Waals surface area (Å²) < 4.78 is 3.18. The Morgan fingerprint density at radius 1 is 1.24 bits per heavy atom. The number of benzene rings is 1. The van der Waals surface area contributed by atoms with Crippen molar-refractivity contribution in [2.24, 2.45) is 13.0 Å². The van der Waals surface area contributed by atoms with Crippen molar-refractivity contribution in [3.05, 3.63) is 34.7 Å². The van der Waals surface area contributed by atoms with E-state index in [1.54, 1.807) is 28.0 Å². The van der Waals surface area contributed by atoms with Gasteiger partial charge in [0.05, 0.1) is 17.0 Å². The van der Waals surface area contributed by atoms with Gasteiger partial charge in [-0.3, -0.25) is 18.7 Å². The van der Waals surface area contributed by atoms with Crippen LogP contribution in [0, 0.1) is 5.92 Å².